The summed E-state index contributed by atoms with van der Waals surface area (Å²) >= 11 is 1.70. The van der Waals surface area contributed by atoms with E-state index in [1.165, 1.54) is 5.56 Å². The lowest BCUT2D eigenvalue weighted by Crippen LogP contribution is -2.36. The summed E-state index contributed by atoms with van der Waals surface area (Å²) < 4.78 is 11.0. The van der Waals surface area contributed by atoms with Crippen molar-refractivity contribution in [3.63, 3.8) is 0 Å². The van der Waals surface area contributed by atoms with Crippen molar-refractivity contribution in [2.45, 2.75) is 46.7 Å². The van der Waals surface area contributed by atoms with E-state index in [1.54, 1.807) is 18.4 Å². The topological polar surface area (TPSA) is 67.8 Å². The molecule has 2 N–H and O–H groups in total. The maximum absolute atomic E-state index is 5.96. The van der Waals surface area contributed by atoms with Gasteiger partial charge >= 0.3 is 0 Å². The molecule has 0 aliphatic rings. The Labute approximate surface area is 195 Å². The number of halogens is 1. The van der Waals surface area contributed by atoms with Crippen LogP contribution in [-0.4, -0.2) is 37.8 Å². The third kappa shape index (κ3) is 9.31. The molecule has 0 unspecified atom stereocenters. The Bertz CT molecular complexity index is 752. The van der Waals surface area contributed by atoms with Gasteiger partial charge in [0.2, 0.25) is 0 Å². The monoisotopic (exact) mass is 532 g/mol. The SMILES string of the molecule is CCNC(=NCc1ccc(C)cc1OCCCOC)NCc1csc(CC)n1.I. The van der Waals surface area contributed by atoms with Crippen molar-refractivity contribution in [3.8, 4) is 5.75 Å². The molecule has 6 nitrogen and oxygen atoms in total. The molecule has 0 saturated carbocycles. The molecule has 0 saturated heterocycles. The van der Waals surface area contributed by atoms with Crippen LogP contribution >= 0.6 is 35.3 Å². The van der Waals surface area contributed by atoms with Crippen molar-refractivity contribution in [2.75, 3.05) is 26.9 Å². The van der Waals surface area contributed by atoms with E-state index in [0.29, 0.717) is 26.3 Å². The van der Waals surface area contributed by atoms with Gasteiger partial charge in [-0.05, 0) is 31.9 Å². The molecule has 0 atom stereocenters. The van der Waals surface area contributed by atoms with E-state index in [0.717, 1.165) is 47.4 Å². The first-order valence-corrected chi connectivity index (χ1v) is 10.7. The highest BCUT2D eigenvalue weighted by Crippen LogP contribution is 2.21. The molecular formula is C21H33IN4O2S. The van der Waals surface area contributed by atoms with Crippen LogP contribution < -0.4 is 15.4 Å². The highest BCUT2D eigenvalue weighted by Gasteiger charge is 2.06. The number of thiazole rings is 1. The largest absolute Gasteiger partial charge is 0.493 e. The van der Waals surface area contributed by atoms with Gasteiger partial charge in [0.25, 0.3) is 0 Å². The maximum Gasteiger partial charge on any atom is 0.191 e. The van der Waals surface area contributed by atoms with Gasteiger partial charge in [-0.1, -0.05) is 19.1 Å². The van der Waals surface area contributed by atoms with Crippen LogP contribution in [-0.2, 0) is 24.2 Å². The van der Waals surface area contributed by atoms with Crippen LogP contribution in [0.4, 0.5) is 0 Å². The van der Waals surface area contributed by atoms with Crippen LogP contribution in [0.3, 0.4) is 0 Å². The molecule has 1 aromatic heterocycles. The third-order valence-electron chi connectivity index (χ3n) is 4.06. The molecule has 29 heavy (non-hydrogen) atoms. The number of benzene rings is 1. The number of guanidine groups is 1. The lowest BCUT2D eigenvalue weighted by molar-refractivity contribution is 0.172. The van der Waals surface area contributed by atoms with Crippen molar-refractivity contribution in [1.29, 1.82) is 0 Å². The zero-order valence-electron chi connectivity index (χ0n) is 17.8. The smallest absolute Gasteiger partial charge is 0.191 e. The van der Waals surface area contributed by atoms with E-state index in [2.05, 4.69) is 60.0 Å². The number of nitrogens with zero attached hydrogens (tertiary/aromatic N) is 2. The number of nitrogens with one attached hydrogen (secondary N) is 2. The number of ether oxygens (including phenoxy) is 2. The van der Waals surface area contributed by atoms with Gasteiger partial charge in [0.05, 0.1) is 30.4 Å². The van der Waals surface area contributed by atoms with Gasteiger partial charge < -0.3 is 20.1 Å². The predicted octanol–water partition coefficient (Wildman–Crippen LogP) is 4.30. The number of aliphatic imine (C=N–C) groups is 1. The maximum atomic E-state index is 5.96. The van der Waals surface area contributed by atoms with Crippen molar-refractivity contribution in [2.24, 2.45) is 4.99 Å². The molecule has 8 heteroatoms. The molecule has 2 aromatic rings. The lowest BCUT2D eigenvalue weighted by Gasteiger charge is -2.13. The van der Waals surface area contributed by atoms with Crippen LogP contribution in [0.5, 0.6) is 5.75 Å². The van der Waals surface area contributed by atoms with E-state index in [4.69, 9.17) is 14.5 Å². The van der Waals surface area contributed by atoms with E-state index in [9.17, 15) is 0 Å². The molecule has 0 radical (unpaired) electrons. The minimum Gasteiger partial charge on any atom is -0.493 e. The fourth-order valence-electron chi connectivity index (χ4n) is 2.58. The summed E-state index contributed by atoms with van der Waals surface area (Å²) in [6.07, 6.45) is 1.84. The number of rotatable bonds is 11. The predicted molar refractivity (Wildman–Crippen MR) is 132 cm³/mol. The Morgan fingerprint density at radius 2 is 2.03 bits per heavy atom. The van der Waals surface area contributed by atoms with Gasteiger partial charge in [0, 0.05) is 37.6 Å². The third-order valence-corrected chi connectivity index (χ3v) is 5.11. The summed E-state index contributed by atoms with van der Waals surface area (Å²) in [4.78, 5) is 9.32. The van der Waals surface area contributed by atoms with Gasteiger partial charge in [-0.15, -0.1) is 35.3 Å². The minimum atomic E-state index is 0. The number of hydrogen-bond acceptors (Lipinski definition) is 5. The molecule has 1 heterocycles. The lowest BCUT2D eigenvalue weighted by atomic mass is 10.1. The molecule has 0 aliphatic carbocycles. The first-order chi connectivity index (χ1) is 13.7. The Morgan fingerprint density at radius 1 is 1.21 bits per heavy atom. The summed E-state index contributed by atoms with van der Waals surface area (Å²) in [7, 11) is 1.71. The second kappa shape index (κ2) is 14.6. The average Bonchev–Trinajstić information content (AvgIpc) is 3.16. The van der Waals surface area contributed by atoms with Gasteiger partial charge in [-0.2, -0.15) is 0 Å². The molecular weight excluding hydrogens is 499 g/mol. The summed E-state index contributed by atoms with van der Waals surface area (Å²) in [6, 6.07) is 6.25. The molecule has 0 aliphatic heterocycles. The van der Waals surface area contributed by atoms with Crippen LogP contribution in [0.15, 0.2) is 28.6 Å². The van der Waals surface area contributed by atoms with E-state index < -0.39 is 0 Å². The Balaban J connectivity index is 0.00000420. The molecule has 0 fully saturated rings. The Kier molecular flexibility index (Phi) is 12.9. The van der Waals surface area contributed by atoms with Crippen molar-refractivity contribution in [3.05, 3.63) is 45.4 Å². The summed E-state index contributed by atoms with van der Waals surface area (Å²) in [5.74, 6) is 1.67. The minimum absolute atomic E-state index is 0. The highest BCUT2D eigenvalue weighted by molar-refractivity contribution is 14.0. The first-order valence-electron chi connectivity index (χ1n) is 9.83. The molecule has 1 aromatic carbocycles. The average molecular weight is 532 g/mol. The number of aryl methyl sites for hydroxylation is 2. The van der Waals surface area contributed by atoms with Crippen molar-refractivity contribution >= 4 is 41.3 Å². The summed E-state index contributed by atoms with van der Waals surface area (Å²) in [6.45, 7) is 9.60. The molecule has 0 spiro atoms. The number of hydrogen-bond donors (Lipinski definition) is 2. The summed E-state index contributed by atoms with van der Waals surface area (Å²) in [5.41, 5.74) is 3.29. The van der Waals surface area contributed by atoms with Crippen LogP contribution in [0.1, 0.15) is 42.1 Å². The van der Waals surface area contributed by atoms with Crippen molar-refractivity contribution < 1.29 is 9.47 Å². The first kappa shape index (κ1) is 25.6. The molecule has 0 amide bonds. The Hall–Kier alpha value is -1.39. The van der Waals surface area contributed by atoms with Crippen LogP contribution in [0, 0.1) is 6.92 Å². The quantitative estimate of drug-likeness (QED) is 0.196. The standard InChI is InChI=1S/C21H32N4O2S.HI/c1-5-20-25-18(15-28-20)14-24-21(22-6-2)23-13-17-9-8-16(3)12-19(17)27-11-7-10-26-4;/h8-9,12,15H,5-7,10-11,13-14H2,1-4H3,(H2,22,23,24);1H. The normalized spacial score (nSPS) is 11.1. The molecule has 2 rings (SSSR count). The fourth-order valence-corrected chi connectivity index (χ4v) is 3.33. The number of aromatic nitrogens is 1. The zero-order valence-corrected chi connectivity index (χ0v) is 20.9. The molecule has 162 valence electrons. The number of methoxy groups -OCH3 is 1. The van der Waals surface area contributed by atoms with Crippen LogP contribution in [0.2, 0.25) is 0 Å². The van der Waals surface area contributed by atoms with E-state index in [1.807, 2.05) is 0 Å². The second-order valence-electron chi connectivity index (χ2n) is 6.44. The Morgan fingerprint density at radius 3 is 2.72 bits per heavy atom. The van der Waals surface area contributed by atoms with Crippen LogP contribution in [0.25, 0.3) is 0 Å². The van der Waals surface area contributed by atoms with E-state index >= 15 is 0 Å². The van der Waals surface area contributed by atoms with E-state index in [-0.39, 0.29) is 24.0 Å². The molecule has 0 bridgehead atoms. The van der Waals surface area contributed by atoms with Crippen molar-refractivity contribution in [1.82, 2.24) is 15.6 Å². The van der Waals surface area contributed by atoms with Gasteiger partial charge in [0.15, 0.2) is 5.96 Å². The fraction of sp³-hybridized carbons (Fsp3) is 0.524. The summed E-state index contributed by atoms with van der Waals surface area (Å²) in [5, 5.41) is 9.91. The van der Waals surface area contributed by atoms with Gasteiger partial charge in [-0.25, -0.2) is 9.98 Å². The zero-order chi connectivity index (χ0) is 20.2. The van der Waals surface area contributed by atoms with Gasteiger partial charge in [-0.3, -0.25) is 0 Å². The second-order valence-corrected chi connectivity index (χ2v) is 7.38. The highest BCUT2D eigenvalue weighted by atomic mass is 127. The van der Waals surface area contributed by atoms with Gasteiger partial charge in [0.1, 0.15) is 5.75 Å².